The Labute approximate surface area is 125 Å². The van der Waals surface area contributed by atoms with E-state index in [1.807, 2.05) is 0 Å². The van der Waals surface area contributed by atoms with E-state index in [-0.39, 0.29) is 11.5 Å². The summed E-state index contributed by atoms with van der Waals surface area (Å²) in [7, 11) is 0. The molecule has 6 heteroatoms. The molecule has 116 valence electrons. The van der Waals surface area contributed by atoms with Crippen molar-refractivity contribution in [1.29, 1.82) is 0 Å². The normalized spacial score (nSPS) is 30.1. The predicted molar refractivity (Wildman–Crippen MR) is 71.8 cm³/mol. The van der Waals surface area contributed by atoms with Gasteiger partial charge in [0, 0.05) is 0 Å². The highest BCUT2D eigenvalue weighted by molar-refractivity contribution is 6.12. The van der Waals surface area contributed by atoms with Crippen molar-refractivity contribution in [1.82, 2.24) is 0 Å². The Morgan fingerprint density at radius 1 is 1.18 bits per heavy atom. The lowest BCUT2D eigenvalue weighted by atomic mass is 9.81. The predicted octanol–water partition coefficient (Wildman–Crippen LogP) is 2.93. The summed E-state index contributed by atoms with van der Waals surface area (Å²) in [5.74, 6) is -0.858. The van der Waals surface area contributed by atoms with Crippen LogP contribution >= 0.6 is 0 Å². The van der Waals surface area contributed by atoms with Crippen LogP contribution in [-0.4, -0.2) is 31.2 Å². The minimum absolute atomic E-state index is 0.0551. The number of rotatable bonds is 1. The second kappa shape index (κ2) is 5.05. The van der Waals surface area contributed by atoms with E-state index in [0.717, 1.165) is 6.42 Å². The Morgan fingerprint density at radius 2 is 2.00 bits per heavy atom. The molecule has 0 spiro atoms. The summed E-state index contributed by atoms with van der Waals surface area (Å²) in [4.78, 5) is 12.6. The third-order valence-corrected chi connectivity index (χ3v) is 4.32. The molecule has 0 radical (unpaired) electrons. The highest BCUT2D eigenvalue weighted by atomic mass is 19.3. The highest BCUT2D eigenvalue weighted by Gasteiger charge is 2.50. The van der Waals surface area contributed by atoms with Crippen LogP contribution in [-0.2, 0) is 9.47 Å². The monoisotopic (exact) mass is 308 g/mol. The van der Waals surface area contributed by atoms with Crippen molar-refractivity contribution in [2.45, 2.75) is 31.7 Å². The second-order valence-electron chi connectivity index (χ2n) is 5.61. The Morgan fingerprint density at radius 3 is 2.82 bits per heavy atom. The number of halogens is 2. The summed E-state index contributed by atoms with van der Waals surface area (Å²) in [5.41, 5.74) is 0.242. The molecule has 0 bridgehead atoms. The topological polar surface area (TPSA) is 44.8 Å². The standard InChI is InChI=1S/C16H14F2O4/c17-15(18)14-11-12(19)8-4-1-2-6-10(8)21-13(11)9-5-3-7-20-16(9)22-14/h1-2,4,6,9,13,15-16H,3,5,7H2/t9-,13+,16+/m0/s1. The molecule has 0 saturated carbocycles. The largest absolute Gasteiger partial charge is 0.484 e. The number of hydrogen-bond acceptors (Lipinski definition) is 4. The molecule has 4 nitrogen and oxygen atoms in total. The fraction of sp³-hybridized carbons (Fsp3) is 0.438. The lowest BCUT2D eigenvalue weighted by molar-refractivity contribution is -0.207. The van der Waals surface area contributed by atoms with E-state index >= 15 is 0 Å². The number of benzene rings is 1. The number of alkyl halides is 2. The van der Waals surface area contributed by atoms with Crippen molar-refractivity contribution in [3.05, 3.63) is 41.2 Å². The second-order valence-corrected chi connectivity index (χ2v) is 5.61. The molecule has 0 aliphatic carbocycles. The molecule has 3 atom stereocenters. The van der Waals surface area contributed by atoms with E-state index in [1.54, 1.807) is 24.3 Å². The van der Waals surface area contributed by atoms with Gasteiger partial charge < -0.3 is 14.2 Å². The van der Waals surface area contributed by atoms with Gasteiger partial charge in [0.1, 0.15) is 11.9 Å². The Bertz CT molecular complexity index is 655. The van der Waals surface area contributed by atoms with Crippen molar-refractivity contribution in [3.8, 4) is 5.75 Å². The fourth-order valence-corrected chi connectivity index (χ4v) is 3.33. The maximum absolute atomic E-state index is 13.4. The Hall–Kier alpha value is -1.95. The van der Waals surface area contributed by atoms with Crippen LogP contribution in [0.4, 0.5) is 8.78 Å². The number of carbonyl (C=O) groups is 1. The molecule has 1 aromatic rings. The average Bonchev–Trinajstić information content (AvgIpc) is 2.54. The number of hydrogen-bond donors (Lipinski definition) is 0. The van der Waals surface area contributed by atoms with Crippen LogP contribution in [0, 0.1) is 5.92 Å². The number of Topliss-reactive ketones (excluding diaryl/α,β-unsaturated/α-hetero) is 1. The number of allylic oxidation sites excluding steroid dienone is 1. The average molecular weight is 308 g/mol. The summed E-state index contributed by atoms with van der Waals surface area (Å²) in [6.45, 7) is 0.463. The zero-order valence-electron chi connectivity index (χ0n) is 11.6. The molecule has 0 amide bonds. The van der Waals surface area contributed by atoms with Crippen LogP contribution in [0.3, 0.4) is 0 Å². The lowest BCUT2D eigenvalue weighted by Gasteiger charge is -2.43. The number of ether oxygens (including phenoxy) is 3. The Kier molecular flexibility index (Phi) is 3.14. The molecule has 1 aromatic carbocycles. The first-order valence-corrected chi connectivity index (χ1v) is 7.27. The van der Waals surface area contributed by atoms with Crippen molar-refractivity contribution in [2.75, 3.05) is 6.61 Å². The summed E-state index contributed by atoms with van der Waals surface area (Å²) in [6.07, 6.45) is -2.88. The van der Waals surface area contributed by atoms with E-state index in [9.17, 15) is 13.6 Å². The molecular formula is C16H14F2O4. The van der Waals surface area contributed by atoms with E-state index < -0.39 is 30.4 Å². The van der Waals surface area contributed by atoms with E-state index in [0.29, 0.717) is 24.3 Å². The first-order valence-electron chi connectivity index (χ1n) is 7.27. The first kappa shape index (κ1) is 13.7. The quantitative estimate of drug-likeness (QED) is 0.800. The number of ketones is 1. The maximum Gasteiger partial charge on any atom is 0.295 e. The number of para-hydroxylation sites is 1. The third kappa shape index (κ3) is 1.94. The molecule has 0 N–H and O–H groups in total. The van der Waals surface area contributed by atoms with Gasteiger partial charge in [-0.3, -0.25) is 4.79 Å². The highest BCUT2D eigenvalue weighted by Crippen LogP contribution is 2.44. The molecule has 22 heavy (non-hydrogen) atoms. The van der Waals surface area contributed by atoms with Gasteiger partial charge in [0.2, 0.25) is 6.29 Å². The van der Waals surface area contributed by atoms with Gasteiger partial charge in [-0.05, 0) is 25.0 Å². The van der Waals surface area contributed by atoms with Crippen molar-refractivity contribution in [3.63, 3.8) is 0 Å². The van der Waals surface area contributed by atoms with Gasteiger partial charge in [-0.1, -0.05) is 12.1 Å². The van der Waals surface area contributed by atoms with Crippen LogP contribution < -0.4 is 4.74 Å². The molecule has 3 aliphatic heterocycles. The van der Waals surface area contributed by atoms with E-state index in [2.05, 4.69) is 0 Å². The molecule has 1 fully saturated rings. The van der Waals surface area contributed by atoms with Gasteiger partial charge in [-0.2, -0.15) is 0 Å². The van der Waals surface area contributed by atoms with Gasteiger partial charge in [0.05, 0.1) is 23.7 Å². The number of carbonyl (C=O) groups excluding carboxylic acids is 1. The summed E-state index contributed by atoms with van der Waals surface area (Å²) < 4.78 is 43.4. The lowest BCUT2D eigenvalue weighted by Crippen LogP contribution is -2.50. The fourth-order valence-electron chi connectivity index (χ4n) is 3.33. The SMILES string of the molecule is O=C1C2=C(C(F)F)O[C@H]3OCCC[C@H]3[C@H]2Oc2ccccc21. The van der Waals surface area contributed by atoms with Crippen LogP contribution in [0.5, 0.6) is 5.75 Å². The molecular weight excluding hydrogens is 294 g/mol. The van der Waals surface area contributed by atoms with Crippen molar-refractivity contribution >= 4 is 5.78 Å². The van der Waals surface area contributed by atoms with E-state index in [1.165, 1.54) is 0 Å². The summed E-state index contributed by atoms with van der Waals surface area (Å²) in [6, 6.07) is 6.69. The van der Waals surface area contributed by atoms with Crippen LogP contribution in [0.1, 0.15) is 23.2 Å². The zero-order valence-corrected chi connectivity index (χ0v) is 11.6. The maximum atomic E-state index is 13.4. The third-order valence-electron chi connectivity index (χ3n) is 4.32. The molecule has 4 rings (SSSR count). The van der Waals surface area contributed by atoms with Crippen LogP contribution in [0.15, 0.2) is 35.6 Å². The van der Waals surface area contributed by atoms with Crippen molar-refractivity contribution < 1.29 is 27.8 Å². The van der Waals surface area contributed by atoms with Gasteiger partial charge >= 0.3 is 0 Å². The summed E-state index contributed by atoms with van der Waals surface area (Å²) >= 11 is 0. The van der Waals surface area contributed by atoms with Crippen LogP contribution in [0.2, 0.25) is 0 Å². The van der Waals surface area contributed by atoms with Gasteiger partial charge in [-0.25, -0.2) is 8.78 Å². The van der Waals surface area contributed by atoms with Gasteiger partial charge in [0.15, 0.2) is 11.5 Å². The molecule has 3 heterocycles. The molecule has 0 aromatic heterocycles. The van der Waals surface area contributed by atoms with E-state index in [4.69, 9.17) is 14.2 Å². The first-order chi connectivity index (χ1) is 10.7. The number of fused-ring (bicyclic) bond motifs is 4. The minimum atomic E-state index is -2.87. The van der Waals surface area contributed by atoms with Crippen molar-refractivity contribution in [2.24, 2.45) is 5.92 Å². The minimum Gasteiger partial charge on any atom is -0.484 e. The molecule has 0 unspecified atom stereocenters. The van der Waals surface area contributed by atoms with Gasteiger partial charge in [-0.15, -0.1) is 0 Å². The Balaban J connectivity index is 1.86. The van der Waals surface area contributed by atoms with Crippen LogP contribution in [0.25, 0.3) is 0 Å². The van der Waals surface area contributed by atoms with Gasteiger partial charge in [0.25, 0.3) is 6.43 Å². The molecule has 3 aliphatic rings. The summed E-state index contributed by atoms with van der Waals surface area (Å²) in [5, 5.41) is 0. The smallest absolute Gasteiger partial charge is 0.295 e. The molecule has 1 saturated heterocycles. The zero-order chi connectivity index (χ0) is 15.3.